The number of morpholine rings is 1. The van der Waals surface area contributed by atoms with Gasteiger partial charge in [0.05, 0.1) is 13.2 Å². The summed E-state index contributed by atoms with van der Waals surface area (Å²) in [4.78, 5) is 2.58. The molecule has 2 heteroatoms. The minimum Gasteiger partial charge on any atom is -0.379 e. The summed E-state index contributed by atoms with van der Waals surface area (Å²) in [6, 6.07) is 9.39. The number of ether oxygens (including phenoxy) is 1. The van der Waals surface area contributed by atoms with Crippen molar-refractivity contribution in [2.45, 2.75) is 46.0 Å². The fraction of sp³-hybridized carbons (Fsp3) is 0.700. The number of hydrogen-bond donors (Lipinski definition) is 0. The number of rotatable bonds is 3. The summed E-state index contributed by atoms with van der Waals surface area (Å²) in [7, 11) is 0. The molecule has 0 aromatic heterocycles. The predicted molar refractivity (Wildman–Crippen MR) is 92.4 cm³/mol. The van der Waals surface area contributed by atoms with E-state index in [2.05, 4.69) is 63.8 Å². The molecule has 1 aliphatic carbocycles. The summed E-state index contributed by atoms with van der Waals surface area (Å²) in [5.41, 5.74) is 3.63. The van der Waals surface area contributed by atoms with Crippen molar-refractivity contribution < 1.29 is 4.74 Å². The van der Waals surface area contributed by atoms with Crippen molar-refractivity contribution in [1.29, 1.82) is 0 Å². The molecule has 2 fully saturated rings. The lowest BCUT2D eigenvalue weighted by molar-refractivity contribution is 0.0342. The molecule has 0 spiro atoms. The Bertz CT molecular complexity index is 506. The summed E-state index contributed by atoms with van der Waals surface area (Å²) in [5.74, 6) is 1.50. The van der Waals surface area contributed by atoms with Crippen LogP contribution in [-0.2, 0) is 10.2 Å². The van der Waals surface area contributed by atoms with Gasteiger partial charge in [-0.05, 0) is 33.8 Å². The molecule has 0 bridgehead atoms. The van der Waals surface area contributed by atoms with Crippen LogP contribution in [0.2, 0.25) is 0 Å². The van der Waals surface area contributed by atoms with E-state index >= 15 is 0 Å². The van der Waals surface area contributed by atoms with Crippen LogP contribution in [-0.4, -0.2) is 37.7 Å². The molecule has 0 amide bonds. The smallest absolute Gasteiger partial charge is 0.0594 e. The quantitative estimate of drug-likeness (QED) is 0.835. The van der Waals surface area contributed by atoms with Crippen LogP contribution in [0.4, 0.5) is 0 Å². The van der Waals surface area contributed by atoms with Gasteiger partial charge in [-0.25, -0.2) is 0 Å². The Morgan fingerprint density at radius 2 is 1.68 bits per heavy atom. The van der Waals surface area contributed by atoms with Gasteiger partial charge in [0, 0.05) is 19.6 Å². The third-order valence-corrected chi connectivity index (χ3v) is 5.74. The monoisotopic (exact) mass is 301 g/mol. The predicted octanol–water partition coefficient (Wildman–Crippen LogP) is 4.06. The summed E-state index contributed by atoms with van der Waals surface area (Å²) >= 11 is 0. The van der Waals surface area contributed by atoms with Gasteiger partial charge in [-0.1, -0.05) is 58.9 Å². The average molecular weight is 301 g/mol. The first kappa shape index (κ1) is 16.0. The zero-order chi connectivity index (χ0) is 16.0. The maximum atomic E-state index is 5.47. The Labute approximate surface area is 135 Å². The minimum atomic E-state index is 0.241. The molecule has 1 saturated carbocycles. The Morgan fingerprint density at radius 1 is 1.09 bits per heavy atom. The first-order valence-electron chi connectivity index (χ1n) is 8.71. The molecule has 22 heavy (non-hydrogen) atoms. The van der Waals surface area contributed by atoms with Gasteiger partial charge in [0.15, 0.2) is 0 Å². The van der Waals surface area contributed by atoms with Crippen molar-refractivity contribution in [3.05, 3.63) is 35.4 Å². The maximum Gasteiger partial charge on any atom is 0.0594 e. The van der Waals surface area contributed by atoms with Gasteiger partial charge in [-0.3, -0.25) is 4.90 Å². The molecular formula is C20H31NO. The van der Waals surface area contributed by atoms with E-state index in [1.165, 1.54) is 17.7 Å². The van der Waals surface area contributed by atoms with Crippen molar-refractivity contribution in [3.8, 4) is 0 Å². The number of hydrogen-bond acceptors (Lipinski definition) is 2. The number of benzene rings is 1. The molecule has 1 aliphatic heterocycles. The molecule has 0 N–H and O–H groups in total. The summed E-state index contributed by atoms with van der Waals surface area (Å²) in [6.45, 7) is 16.9. The second-order valence-electron chi connectivity index (χ2n) is 8.69. The Balaban J connectivity index is 1.69. The van der Waals surface area contributed by atoms with Crippen molar-refractivity contribution in [2.24, 2.45) is 11.3 Å². The Hall–Kier alpha value is -0.860. The van der Waals surface area contributed by atoms with Gasteiger partial charge in [-0.2, -0.15) is 0 Å². The number of nitrogens with zero attached hydrogens (tertiary/aromatic N) is 1. The maximum absolute atomic E-state index is 5.47. The fourth-order valence-corrected chi connectivity index (χ4v) is 4.00. The third-order valence-electron chi connectivity index (χ3n) is 5.74. The van der Waals surface area contributed by atoms with E-state index in [9.17, 15) is 0 Å². The molecule has 2 atom stereocenters. The standard InChI is InChI=1S/C20H31NO/c1-19(2,3)16-8-6-15(7-9-16)18-17(20(18,4)5)14-21-10-12-22-13-11-21/h6-9,17-18H,10-14H2,1-5H3. The Morgan fingerprint density at radius 3 is 2.23 bits per heavy atom. The highest BCUT2D eigenvalue weighted by Crippen LogP contribution is 2.64. The van der Waals surface area contributed by atoms with Crippen molar-refractivity contribution in [1.82, 2.24) is 4.90 Å². The molecule has 2 unspecified atom stereocenters. The molecule has 1 saturated heterocycles. The zero-order valence-corrected chi connectivity index (χ0v) is 14.9. The molecule has 1 aromatic rings. The lowest BCUT2D eigenvalue weighted by Crippen LogP contribution is -2.38. The van der Waals surface area contributed by atoms with Crippen LogP contribution in [0.1, 0.15) is 51.7 Å². The molecule has 122 valence electrons. The average Bonchev–Trinajstić information content (AvgIpc) is 3.00. The van der Waals surface area contributed by atoms with Crippen molar-refractivity contribution in [3.63, 3.8) is 0 Å². The third kappa shape index (κ3) is 3.09. The van der Waals surface area contributed by atoms with E-state index in [1.54, 1.807) is 0 Å². The molecule has 1 heterocycles. The van der Waals surface area contributed by atoms with E-state index in [0.717, 1.165) is 32.2 Å². The van der Waals surface area contributed by atoms with Crippen molar-refractivity contribution >= 4 is 0 Å². The van der Waals surface area contributed by atoms with Gasteiger partial charge in [0.25, 0.3) is 0 Å². The lowest BCUT2D eigenvalue weighted by Gasteiger charge is -2.27. The SMILES string of the molecule is CC(C)(C)c1ccc(C2C(CN3CCOCC3)C2(C)C)cc1. The highest BCUT2D eigenvalue weighted by atomic mass is 16.5. The summed E-state index contributed by atoms with van der Waals surface area (Å²) < 4.78 is 5.47. The van der Waals surface area contributed by atoms with Gasteiger partial charge in [0.2, 0.25) is 0 Å². The zero-order valence-electron chi connectivity index (χ0n) is 14.9. The van der Waals surface area contributed by atoms with E-state index in [4.69, 9.17) is 4.74 Å². The second kappa shape index (κ2) is 5.65. The highest BCUT2D eigenvalue weighted by Gasteiger charge is 2.58. The van der Waals surface area contributed by atoms with Crippen LogP contribution in [0.3, 0.4) is 0 Å². The first-order chi connectivity index (χ1) is 10.3. The Kier molecular flexibility index (Phi) is 4.11. The molecule has 2 aliphatic rings. The van der Waals surface area contributed by atoms with Gasteiger partial charge < -0.3 is 4.74 Å². The van der Waals surface area contributed by atoms with E-state index in [-0.39, 0.29) is 5.41 Å². The highest BCUT2D eigenvalue weighted by molar-refractivity contribution is 5.36. The normalized spacial score (nSPS) is 28.6. The summed E-state index contributed by atoms with van der Waals surface area (Å²) in [6.07, 6.45) is 0. The molecule has 2 nitrogen and oxygen atoms in total. The van der Waals surface area contributed by atoms with Gasteiger partial charge >= 0.3 is 0 Å². The molecular weight excluding hydrogens is 270 g/mol. The minimum absolute atomic E-state index is 0.241. The lowest BCUT2D eigenvalue weighted by atomic mass is 9.86. The largest absolute Gasteiger partial charge is 0.379 e. The molecule has 0 radical (unpaired) electrons. The van der Waals surface area contributed by atoms with Gasteiger partial charge in [0.1, 0.15) is 0 Å². The van der Waals surface area contributed by atoms with E-state index < -0.39 is 0 Å². The van der Waals surface area contributed by atoms with Crippen LogP contribution < -0.4 is 0 Å². The van der Waals surface area contributed by atoms with Crippen LogP contribution in [0.5, 0.6) is 0 Å². The van der Waals surface area contributed by atoms with Crippen LogP contribution in [0.25, 0.3) is 0 Å². The fourth-order valence-electron chi connectivity index (χ4n) is 4.00. The molecule has 1 aromatic carbocycles. The van der Waals surface area contributed by atoms with Crippen molar-refractivity contribution in [2.75, 3.05) is 32.8 Å². The second-order valence-corrected chi connectivity index (χ2v) is 8.69. The first-order valence-corrected chi connectivity index (χ1v) is 8.71. The topological polar surface area (TPSA) is 12.5 Å². The van der Waals surface area contributed by atoms with Crippen LogP contribution >= 0.6 is 0 Å². The molecule has 3 rings (SSSR count). The van der Waals surface area contributed by atoms with E-state index in [1.807, 2.05) is 0 Å². The van der Waals surface area contributed by atoms with Crippen LogP contribution in [0.15, 0.2) is 24.3 Å². The summed E-state index contributed by atoms with van der Waals surface area (Å²) in [5, 5.41) is 0. The van der Waals surface area contributed by atoms with Gasteiger partial charge in [-0.15, -0.1) is 0 Å². The van der Waals surface area contributed by atoms with Crippen LogP contribution in [0, 0.1) is 11.3 Å². The van der Waals surface area contributed by atoms with E-state index in [0.29, 0.717) is 11.3 Å².